The van der Waals surface area contributed by atoms with Gasteiger partial charge in [-0.05, 0) is 24.3 Å². The molecule has 1 N–H and O–H groups in total. The van der Waals surface area contributed by atoms with Crippen LogP contribution in [0.25, 0.3) is 11.3 Å². The molecule has 102 valence electrons. The van der Waals surface area contributed by atoms with E-state index in [1.807, 2.05) is 23.6 Å². The van der Waals surface area contributed by atoms with Gasteiger partial charge in [-0.25, -0.2) is 9.97 Å². The zero-order chi connectivity index (χ0) is 14.7. The molecule has 4 nitrogen and oxygen atoms in total. The van der Waals surface area contributed by atoms with Crippen LogP contribution in [-0.2, 0) is 0 Å². The third-order valence-corrected chi connectivity index (χ3v) is 3.77. The quantitative estimate of drug-likeness (QED) is 0.725. The molecule has 0 aliphatic carbocycles. The lowest BCUT2D eigenvalue weighted by Crippen LogP contribution is -1.90. The summed E-state index contributed by atoms with van der Waals surface area (Å²) in [7, 11) is 0. The Labute approximate surface area is 130 Å². The van der Waals surface area contributed by atoms with Gasteiger partial charge in [0.05, 0.1) is 29.2 Å². The molecule has 0 atom stereocenters. The molecule has 0 aliphatic heterocycles. The third-order valence-electron chi connectivity index (χ3n) is 2.79. The van der Waals surface area contributed by atoms with Gasteiger partial charge in [0.1, 0.15) is 5.15 Å². The van der Waals surface area contributed by atoms with E-state index in [1.54, 1.807) is 24.4 Å². The maximum Gasteiger partial charge on any atom is 0.187 e. The molecular formula is C15H9ClN4S. The zero-order valence-corrected chi connectivity index (χ0v) is 12.3. The number of nitrogens with one attached hydrogen (secondary N) is 1. The fourth-order valence-electron chi connectivity index (χ4n) is 1.75. The highest BCUT2D eigenvalue weighted by Gasteiger charge is 2.05. The van der Waals surface area contributed by atoms with Gasteiger partial charge in [0.25, 0.3) is 0 Å². The van der Waals surface area contributed by atoms with E-state index in [-0.39, 0.29) is 0 Å². The topological polar surface area (TPSA) is 61.6 Å². The van der Waals surface area contributed by atoms with Gasteiger partial charge in [-0.3, -0.25) is 0 Å². The normalized spacial score (nSPS) is 10.1. The van der Waals surface area contributed by atoms with E-state index >= 15 is 0 Å². The van der Waals surface area contributed by atoms with E-state index in [0.29, 0.717) is 10.7 Å². The molecule has 3 aromatic rings. The summed E-state index contributed by atoms with van der Waals surface area (Å²) >= 11 is 7.25. The number of aromatic nitrogens is 2. The highest BCUT2D eigenvalue weighted by molar-refractivity contribution is 7.14. The summed E-state index contributed by atoms with van der Waals surface area (Å²) in [5, 5.41) is 15.2. The molecule has 0 bridgehead atoms. The number of hydrogen-bond acceptors (Lipinski definition) is 5. The molecule has 21 heavy (non-hydrogen) atoms. The van der Waals surface area contributed by atoms with Gasteiger partial charge in [0.15, 0.2) is 5.13 Å². The Morgan fingerprint density at radius 3 is 2.62 bits per heavy atom. The minimum Gasteiger partial charge on any atom is -0.330 e. The molecule has 2 heterocycles. The Morgan fingerprint density at radius 1 is 1.14 bits per heavy atom. The zero-order valence-electron chi connectivity index (χ0n) is 10.7. The molecule has 3 rings (SSSR count). The van der Waals surface area contributed by atoms with Crippen LogP contribution in [0.4, 0.5) is 10.8 Å². The summed E-state index contributed by atoms with van der Waals surface area (Å²) in [5.41, 5.74) is 3.32. The number of halogens is 1. The summed E-state index contributed by atoms with van der Waals surface area (Å²) in [6.45, 7) is 0. The Hall–Kier alpha value is -2.42. The average Bonchev–Trinajstić information content (AvgIpc) is 2.98. The van der Waals surface area contributed by atoms with Crippen molar-refractivity contribution in [3.63, 3.8) is 0 Å². The lowest BCUT2D eigenvalue weighted by Gasteiger charge is -2.01. The second-order valence-electron chi connectivity index (χ2n) is 4.22. The monoisotopic (exact) mass is 312 g/mol. The smallest absolute Gasteiger partial charge is 0.187 e. The summed E-state index contributed by atoms with van der Waals surface area (Å²) in [6, 6.07) is 13.0. The number of anilines is 2. The summed E-state index contributed by atoms with van der Waals surface area (Å²) in [5.74, 6) is 0. The van der Waals surface area contributed by atoms with Crippen molar-refractivity contribution in [2.24, 2.45) is 0 Å². The number of pyridine rings is 1. The van der Waals surface area contributed by atoms with E-state index in [4.69, 9.17) is 16.9 Å². The molecule has 0 saturated heterocycles. The van der Waals surface area contributed by atoms with Crippen molar-refractivity contribution >= 4 is 33.8 Å². The van der Waals surface area contributed by atoms with Crippen molar-refractivity contribution in [1.82, 2.24) is 9.97 Å². The lowest BCUT2D eigenvalue weighted by atomic mass is 10.1. The molecule has 0 saturated carbocycles. The minimum absolute atomic E-state index is 0.456. The van der Waals surface area contributed by atoms with Crippen molar-refractivity contribution in [3.8, 4) is 17.3 Å². The van der Waals surface area contributed by atoms with Crippen molar-refractivity contribution in [1.29, 1.82) is 5.26 Å². The molecule has 0 fully saturated rings. The molecule has 2 aromatic heterocycles. The first-order valence-electron chi connectivity index (χ1n) is 6.09. The van der Waals surface area contributed by atoms with Gasteiger partial charge < -0.3 is 5.32 Å². The molecule has 1 aromatic carbocycles. The van der Waals surface area contributed by atoms with Crippen LogP contribution >= 0.6 is 22.9 Å². The second-order valence-corrected chi connectivity index (χ2v) is 5.47. The molecular weight excluding hydrogens is 304 g/mol. The Kier molecular flexibility index (Phi) is 3.82. The van der Waals surface area contributed by atoms with Crippen molar-refractivity contribution < 1.29 is 0 Å². The summed E-state index contributed by atoms with van der Waals surface area (Å²) < 4.78 is 0. The van der Waals surface area contributed by atoms with E-state index in [0.717, 1.165) is 22.1 Å². The van der Waals surface area contributed by atoms with E-state index in [9.17, 15) is 0 Å². The number of rotatable bonds is 3. The van der Waals surface area contributed by atoms with Crippen molar-refractivity contribution in [3.05, 3.63) is 58.7 Å². The molecule has 6 heteroatoms. The largest absolute Gasteiger partial charge is 0.330 e. The van der Waals surface area contributed by atoms with Crippen LogP contribution in [0.3, 0.4) is 0 Å². The fraction of sp³-hybridized carbons (Fsp3) is 0. The van der Waals surface area contributed by atoms with Gasteiger partial charge in [-0.1, -0.05) is 23.7 Å². The number of hydrogen-bond donors (Lipinski definition) is 1. The SMILES string of the molecule is N#Cc1ccc(-c2csc(Nc3ccc(Cl)nc3)n2)cc1. The van der Waals surface area contributed by atoms with Crippen LogP contribution in [0, 0.1) is 11.3 Å². The third kappa shape index (κ3) is 3.19. The first-order chi connectivity index (χ1) is 10.2. The first-order valence-corrected chi connectivity index (χ1v) is 7.35. The standard InChI is InChI=1S/C15H9ClN4S/c16-14-6-5-12(8-18-14)19-15-20-13(9-21-15)11-3-1-10(7-17)2-4-11/h1-6,8-9H,(H,19,20). The molecule has 0 radical (unpaired) electrons. The van der Waals surface area contributed by atoms with Crippen molar-refractivity contribution in [2.45, 2.75) is 0 Å². The molecule has 0 amide bonds. The Balaban J connectivity index is 1.79. The van der Waals surface area contributed by atoms with Crippen molar-refractivity contribution in [2.75, 3.05) is 5.32 Å². The van der Waals surface area contributed by atoms with E-state index in [1.165, 1.54) is 11.3 Å². The van der Waals surface area contributed by atoms with Gasteiger partial charge in [-0.2, -0.15) is 5.26 Å². The van der Waals surface area contributed by atoms with Crippen LogP contribution in [0.1, 0.15) is 5.56 Å². The second kappa shape index (κ2) is 5.92. The van der Waals surface area contributed by atoms with Gasteiger partial charge in [-0.15, -0.1) is 11.3 Å². The maximum atomic E-state index is 8.80. The Bertz CT molecular complexity index is 788. The summed E-state index contributed by atoms with van der Waals surface area (Å²) in [6.07, 6.45) is 1.66. The van der Waals surface area contributed by atoms with Crippen LogP contribution < -0.4 is 5.32 Å². The number of nitriles is 1. The van der Waals surface area contributed by atoms with E-state index in [2.05, 4.69) is 21.4 Å². The fourth-order valence-corrected chi connectivity index (χ4v) is 2.60. The number of nitrogens with zero attached hydrogens (tertiary/aromatic N) is 3. The van der Waals surface area contributed by atoms with Crippen LogP contribution in [-0.4, -0.2) is 9.97 Å². The minimum atomic E-state index is 0.456. The number of benzene rings is 1. The van der Waals surface area contributed by atoms with Gasteiger partial charge in [0.2, 0.25) is 0 Å². The highest BCUT2D eigenvalue weighted by Crippen LogP contribution is 2.27. The predicted molar refractivity (Wildman–Crippen MR) is 84.8 cm³/mol. The lowest BCUT2D eigenvalue weighted by molar-refractivity contribution is 1.31. The van der Waals surface area contributed by atoms with E-state index < -0.39 is 0 Å². The van der Waals surface area contributed by atoms with Crippen LogP contribution in [0.15, 0.2) is 48.0 Å². The predicted octanol–water partition coefficient (Wildman–Crippen LogP) is 4.47. The molecule has 0 unspecified atom stereocenters. The van der Waals surface area contributed by atoms with Gasteiger partial charge in [0, 0.05) is 10.9 Å². The molecule has 0 spiro atoms. The van der Waals surface area contributed by atoms with Crippen LogP contribution in [0.5, 0.6) is 0 Å². The summed E-state index contributed by atoms with van der Waals surface area (Å²) in [4.78, 5) is 8.53. The average molecular weight is 313 g/mol. The van der Waals surface area contributed by atoms with Gasteiger partial charge >= 0.3 is 0 Å². The molecule has 0 aliphatic rings. The maximum absolute atomic E-state index is 8.80. The number of thiazole rings is 1. The Morgan fingerprint density at radius 2 is 1.95 bits per heavy atom. The van der Waals surface area contributed by atoms with Crippen LogP contribution in [0.2, 0.25) is 5.15 Å². The highest BCUT2D eigenvalue weighted by atomic mass is 35.5. The first kappa shape index (κ1) is 13.6.